The summed E-state index contributed by atoms with van der Waals surface area (Å²) in [5, 5.41) is 13.7. The minimum atomic E-state index is -0.720. The van der Waals surface area contributed by atoms with Crippen LogP contribution < -0.4 is 16.1 Å². The lowest BCUT2D eigenvalue weighted by atomic mass is 9.85. The smallest absolute Gasteiger partial charge is 0.257 e. The molecule has 146 valence electrons. The van der Waals surface area contributed by atoms with Gasteiger partial charge in [-0.3, -0.25) is 19.6 Å². The van der Waals surface area contributed by atoms with Crippen molar-refractivity contribution < 1.29 is 19.6 Å². The maximum Gasteiger partial charge on any atom is 0.257 e. The van der Waals surface area contributed by atoms with Crippen LogP contribution in [0.5, 0.6) is 0 Å². The zero-order valence-corrected chi connectivity index (χ0v) is 17.1. The molecular weight excluding hydrogens is 342 g/mol. The number of carbonyl (C=O) groups is 3. The Kier molecular flexibility index (Phi) is 10.1. The summed E-state index contributed by atoms with van der Waals surface area (Å²) in [6.07, 6.45) is 0.474. The number of hydroxylamine groups is 1. The molecule has 0 aromatic rings. The number of thioether (sulfide) groups is 1. The fourth-order valence-corrected chi connectivity index (χ4v) is 3.59. The Bertz CT molecular complexity index is 463. The highest BCUT2D eigenvalue weighted by Crippen LogP contribution is 2.28. The van der Waals surface area contributed by atoms with Crippen molar-refractivity contribution in [1.82, 2.24) is 16.1 Å². The van der Waals surface area contributed by atoms with Crippen molar-refractivity contribution in [3.8, 4) is 0 Å². The summed E-state index contributed by atoms with van der Waals surface area (Å²) in [7, 11) is 1.52. The molecule has 4 N–H and O–H groups in total. The molecule has 0 aromatic carbocycles. The van der Waals surface area contributed by atoms with Crippen LogP contribution in [0.4, 0.5) is 0 Å². The first-order chi connectivity index (χ1) is 11.5. The summed E-state index contributed by atoms with van der Waals surface area (Å²) < 4.78 is 0. The zero-order valence-electron chi connectivity index (χ0n) is 16.3. The molecule has 0 rings (SSSR count). The van der Waals surface area contributed by atoms with E-state index >= 15 is 0 Å². The second-order valence-electron chi connectivity index (χ2n) is 7.51. The first-order valence-corrected chi connectivity index (χ1v) is 9.61. The summed E-state index contributed by atoms with van der Waals surface area (Å²) in [6.45, 7) is 11.4. The third-order valence-electron chi connectivity index (χ3n) is 3.80. The van der Waals surface area contributed by atoms with Crippen LogP contribution in [0.1, 0.15) is 48.0 Å². The van der Waals surface area contributed by atoms with E-state index in [9.17, 15) is 14.4 Å². The lowest BCUT2D eigenvalue weighted by molar-refractivity contribution is -0.137. The molecule has 8 heteroatoms. The van der Waals surface area contributed by atoms with Crippen molar-refractivity contribution in [2.45, 2.75) is 59.3 Å². The molecule has 7 nitrogen and oxygen atoms in total. The molecule has 0 unspecified atom stereocenters. The standard InChI is InChI=1S/C17H33N3O4S/c1-8-25-12(15(22)20-24)11(9-10(2)3)14(21)19-13(16(23)18-7)17(4,5)6/h10-13,24H,8-9H2,1-7H3,(H,18,23)(H,19,21)(H,20,22)/t11-,12+,13-/m1/s1. The van der Waals surface area contributed by atoms with Crippen molar-refractivity contribution >= 4 is 29.5 Å². The van der Waals surface area contributed by atoms with E-state index in [4.69, 9.17) is 5.21 Å². The molecular formula is C17H33N3O4S. The van der Waals surface area contributed by atoms with E-state index < -0.39 is 28.5 Å². The van der Waals surface area contributed by atoms with E-state index in [0.29, 0.717) is 12.2 Å². The zero-order chi connectivity index (χ0) is 19.8. The topological polar surface area (TPSA) is 108 Å². The molecule has 0 saturated carbocycles. The quantitative estimate of drug-likeness (QED) is 0.361. The Morgan fingerprint density at radius 1 is 1.08 bits per heavy atom. The predicted octanol–water partition coefficient (Wildman–Crippen LogP) is 1.55. The summed E-state index contributed by atoms with van der Waals surface area (Å²) in [5.41, 5.74) is 1.18. The average molecular weight is 376 g/mol. The van der Waals surface area contributed by atoms with E-state index in [0.717, 1.165) is 0 Å². The molecule has 0 aliphatic carbocycles. The third-order valence-corrected chi connectivity index (χ3v) is 5.04. The normalized spacial score (nSPS) is 15.2. The molecule has 0 radical (unpaired) electrons. The van der Waals surface area contributed by atoms with E-state index in [1.807, 2.05) is 41.5 Å². The van der Waals surface area contributed by atoms with Gasteiger partial charge in [0, 0.05) is 7.05 Å². The van der Waals surface area contributed by atoms with Gasteiger partial charge in [0.25, 0.3) is 5.91 Å². The highest BCUT2D eigenvalue weighted by atomic mass is 32.2. The van der Waals surface area contributed by atoms with Crippen LogP contribution in [0.3, 0.4) is 0 Å². The van der Waals surface area contributed by atoms with Gasteiger partial charge in [-0.25, -0.2) is 5.48 Å². The first-order valence-electron chi connectivity index (χ1n) is 8.57. The third kappa shape index (κ3) is 7.64. The summed E-state index contributed by atoms with van der Waals surface area (Å²) in [4.78, 5) is 37.2. The van der Waals surface area contributed by atoms with Gasteiger partial charge in [-0.1, -0.05) is 41.5 Å². The van der Waals surface area contributed by atoms with Gasteiger partial charge in [-0.2, -0.15) is 0 Å². The number of amides is 3. The molecule has 0 heterocycles. The Labute approximate surface area is 155 Å². The number of rotatable bonds is 9. The second kappa shape index (κ2) is 10.7. The van der Waals surface area contributed by atoms with Gasteiger partial charge >= 0.3 is 0 Å². The molecule has 25 heavy (non-hydrogen) atoms. The minimum absolute atomic E-state index is 0.176. The van der Waals surface area contributed by atoms with Gasteiger partial charge in [0.1, 0.15) is 6.04 Å². The molecule has 0 fully saturated rings. The molecule has 0 spiro atoms. The number of carbonyl (C=O) groups excluding carboxylic acids is 3. The molecule has 3 atom stereocenters. The number of likely N-dealkylation sites (N-methyl/N-ethyl adjacent to an activating group) is 1. The largest absolute Gasteiger partial charge is 0.357 e. The molecule has 0 saturated heterocycles. The van der Waals surface area contributed by atoms with Crippen LogP contribution in [-0.4, -0.2) is 47.0 Å². The second-order valence-corrected chi connectivity index (χ2v) is 8.93. The Balaban J connectivity index is 5.59. The fourth-order valence-electron chi connectivity index (χ4n) is 2.56. The first kappa shape index (κ1) is 23.7. The Morgan fingerprint density at radius 2 is 1.64 bits per heavy atom. The monoisotopic (exact) mass is 375 g/mol. The van der Waals surface area contributed by atoms with E-state index in [-0.39, 0.29) is 17.7 Å². The van der Waals surface area contributed by atoms with Crippen LogP contribution >= 0.6 is 11.8 Å². The summed E-state index contributed by atoms with van der Waals surface area (Å²) in [6, 6.07) is -0.718. The van der Waals surface area contributed by atoms with Crippen molar-refractivity contribution in [2.24, 2.45) is 17.3 Å². The van der Waals surface area contributed by atoms with Crippen LogP contribution in [0.15, 0.2) is 0 Å². The minimum Gasteiger partial charge on any atom is -0.357 e. The predicted molar refractivity (Wildman–Crippen MR) is 100 cm³/mol. The van der Waals surface area contributed by atoms with Crippen molar-refractivity contribution in [2.75, 3.05) is 12.8 Å². The SMILES string of the molecule is CCS[C@H](C(=O)NO)[C@@H](CC(C)C)C(=O)N[C@H](C(=O)NC)C(C)(C)C. The Hall–Kier alpha value is -1.28. The van der Waals surface area contributed by atoms with Crippen LogP contribution in [0, 0.1) is 17.3 Å². The van der Waals surface area contributed by atoms with Crippen molar-refractivity contribution in [3.63, 3.8) is 0 Å². The van der Waals surface area contributed by atoms with Gasteiger partial charge in [-0.05, 0) is 23.5 Å². The number of nitrogens with one attached hydrogen (secondary N) is 3. The van der Waals surface area contributed by atoms with E-state index in [2.05, 4.69) is 10.6 Å². The molecule has 3 amide bonds. The maximum absolute atomic E-state index is 12.9. The highest BCUT2D eigenvalue weighted by Gasteiger charge is 2.38. The molecule has 0 aliphatic heterocycles. The highest BCUT2D eigenvalue weighted by molar-refractivity contribution is 8.00. The lowest BCUT2D eigenvalue weighted by Crippen LogP contribution is -2.56. The number of hydrogen-bond donors (Lipinski definition) is 4. The van der Waals surface area contributed by atoms with Gasteiger partial charge in [-0.15, -0.1) is 11.8 Å². The fraction of sp³-hybridized carbons (Fsp3) is 0.824. The number of hydrogen-bond acceptors (Lipinski definition) is 5. The van der Waals surface area contributed by atoms with E-state index in [1.165, 1.54) is 18.8 Å². The van der Waals surface area contributed by atoms with Crippen LogP contribution in [0.25, 0.3) is 0 Å². The summed E-state index contributed by atoms with van der Waals surface area (Å²) in [5.74, 6) is -1.08. The molecule has 0 aromatic heterocycles. The maximum atomic E-state index is 12.9. The lowest BCUT2D eigenvalue weighted by Gasteiger charge is -2.33. The molecule has 0 aliphatic rings. The summed E-state index contributed by atoms with van der Waals surface area (Å²) >= 11 is 1.30. The van der Waals surface area contributed by atoms with Crippen molar-refractivity contribution in [1.29, 1.82) is 0 Å². The van der Waals surface area contributed by atoms with Gasteiger partial charge in [0.05, 0.1) is 11.2 Å². The van der Waals surface area contributed by atoms with Crippen LogP contribution in [0.2, 0.25) is 0 Å². The molecule has 0 bridgehead atoms. The average Bonchev–Trinajstić information content (AvgIpc) is 2.52. The van der Waals surface area contributed by atoms with Crippen molar-refractivity contribution in [3.05, 3.63) is 0 Å². The van der Waals surface area contributed by atoms with Gasteiger partial charge in [0.2, 0.25) is 11.8 Å². The van der Waals surface area contributed by atoms with Gasteiger partial charge in [0.15, 0.2) is 0 Å². The van der Waals surface area contributed by atoms with E-state index in [1.54, 1.807) is 5.48 Å². The van der Waals surface area contributed by atoms with Gasteiger partial charge < -0.3 is 10.6 Å². The Morgan fingerprint density at radius 3 is 2.00 bits per heavy atom. The van der Waals surface area contributed by atoms with Crippen LogP contribution in [-0.2, 0) is 14.4 Å².